The molecule has 2 atom stereocenters. The zero-order chi connectivity index (χ0) is 15.2. The van der Waals surface area contributed by atoms with Crippen LogP contribution in [0, 0.1) is 0 Å². The molecule has 0 aromatic carbocycles. The summed E-state index contributed by atoms with van der Waals surface area (Å²) in [6, 6.07) is 0.0101. The van der Waals surface area contributed by atoms with Crippen molar-refractivity contribution in [1.82, 2.24) is 15.6 Å². The number of carboxylic acid groups (broad SMARTS) is 1. The Kier molecular flexibility index (Phi) is 5.86. The molecule has 1 heterocycles. The highest BCUT2D eigenvalue weighted by Crippen LogP contribution is 2.26. The summed E-state index contributed by atoms with van der Waals surface area (Å²) >= 11 is 3.09. The van der Waals surface area contributed by atoms with E-state index >= 15 is 0 Å². The van der Waals surface area contributed by atoms with Crippen molar-refractivity contribution >= 4 is 35.1 Å². The largest absolute Gasteiger partial charge is 0.476 e. The van der Waals surface area contributed by atoms with Crippen molar-refractivity contribution in [1.29, 1.82) is 0 Å². The SMILES string of the molecule is CSC1CCCC(NC(=O)NCc2nc(C(=O)O)cs2)C1. The van der Waals surface area contributed by atoms with Gasteiger partial charge in [0.05, 0.1) is 6.54 Å². The number of nitrogens with one attached hydrogen (secondary N) is 2. The van der Waals surface area contributed by atoms with E-state index < -0.39 is 5.97 Å². The van der Waals surface area contributed by atoms with Crippen molar-refractivity contribution in [2.24, 2.45) is 0 Å². The third kappa shape index (κ3) is 4.89. The van der Waals surface area contributed by atoms with Gasteiger partial charge < -0.3 is 15.7 Å². The number of thioether (sulfide) groups is 1. The van der Waals surface area contributed by atoms with Gasteiger partial charge in [-0.1, -0.05) is 6.42 Å². The van der Waals surface area contributed by atoms with Crippen LogP contribution in [0.1, 0.15) is 41.2 Å². The summed E-state index contributed by atoms with van der Waals surface area (Å²) in [4.78, 5) is 26.5. The third-order valence-electron chi connectivity index (χ3n) is 3.47. The first kappa shape index (κ1) is 16.1. The van der Waals surface area contributed by atoms with Gasteiger partial charge in [-0.2, -0.15) is 11.8 Å². The number of carboxylic acids is 1. The van der Waals surface area contributed by atoms with E-state index in [4.69, 9.17) is 5.11 Å². The lowest BCUT2D eigenvalue weighted by Gasteiger charge is -2.28. The Morgan fingerprint density at radius 1 is 1.52 bits per heavy atom. The molecule has 2 amide bonds. The second-order valence-electron chi connectivity index (χ2n) is 4.98. The minimum Gasteiger partial charge on any atom is -0.476 e. The maximum absolute atomic E-state index is 11.9. The number of urea groups is 1. The molecule has 0 radical (unpaired) electrons. The van der Waals surface area contributed by atoms with E-state index in [1.807, 2.05) is 11.8 Å². The minimum atomic E-state index is -1.05. The van der Waals surface area contributed by atoms with Crippen LogP contribution in [-0.2, 0) is 6.54 Å². The Morgan fingerprint density at radius 3 is 3.00 bits per heavy atom. The van der Waals surface area contributed by atoms with Crippen LogP contribution in [0.4, 0.5) is 4.79 Å². The van der Waals surface area contributed by atoms with Crippen molar-refractivity contribution in [2.45, 2.75) is 43.5 Å². The molecule has 3 N–H and O–H groups in total. The monoisotopic (exact) mass is 329 g/mol. The Morgan fingerprint density at radius 2 is 2.33 bits per heavy atom. The van der Waals surface area contributed by atoms with Crippen LogP contribution < -0.4 is 10.6 Å². The number of rotatable bonds is 5. The summed E-state index contributed by atoms with van der Waals surface area (Å²) in [5.74, 6) is -1.05. The van der Waals surface area contributed by atoms with E-state index in [9.17, 15) is 9.59 Å². The molecule has 116 valence electrons. The van der Waals surface area contributed by atoms with E-state index in [0.29, 0.717) is 10.3 Å². The van der Waals surface area contributed by atoms with Crippen molar-refractivity contribution in [2.75, 3.05) is 6.26 Å². The van der Waals surface area contributed by atoms with Gasteiger partial charge in [-0.3, -0.25) is 0 Å². The first-order chi connectivity index (χ1) is 10.1. The standard InChI is InChI=1S/C13H19N3O3S2/c1-20-9-4-2-3-8(5-9)15-13(19)14-6-11-16-10(7-21-11)12(17)18/h7-9H,2-6H2,1H3,(H,17,18)(H2,14,15,19). The lowest BCUT2D eigenvalue weighted by Crippen LogP contribution is -2.44. The van der Waals surface area contributed by atoms with Crippen molar-refractivity contribution in [3.8, 4) is 0 Å². The molecule has 0 spiro atoms. The van der Waals surface area contributed by atoms with Crippen LogP contribution in [0.3, 0.4) is 0 Å². The second kappa shape index (κ2) is 7.65. The Bertz CT molecular complexity index is 507. The lowest BCUT2D eigenvalue weighted by atomic mass is 9.95. The Balaban J connectivity index is 1.75. The quantitative estimate of drug-likeness (QED) is 0.771. The van der Waals surface area contributed by atoms with Crippen LogP contribution in [-0.4, -0.2) is 39.6 Å². The molecular formula is C13H19N3O3S2. The van der Waals surface area contributed by atoms with Gasteiger partial charge in [0.1, 0.15) is 5.01 Å². The van der Waals surface area contributed by atoms with Crippen molar-refractivity contribution < 1.29 is 14.7 Å². The maximum atomic E-state index is 11.9. The van der Waals surface area contributed by atoms with E-state index in [1.165, 1.54) is 23.1 Å². The van der Waals surface area contributed by atoms with Crippen LogP contribution in [0.25, 0.3) is 0 Å². The number of hydrogen-bond acceptors (Lipinski definition) is 5. The number of carbonyl (C=O) groups excluding carboxylic acids is 1. The summed E-state index contributed by atoms with van der Waals surface area (Å²) in [6.07, 6.45) is 6.50. The molecular weight excluding hydrogens is 310 g/mol. The highest BCUT2D eigenvalue weighted by molar-refractivity contribution is 7.99. The second-order valence-corrected chi connectivity index (χ2v) is 7.06. The lowest BCUT2D eigenvalue weighted by molar-refractivity contribution is 0.0691. The molecule has 0 bridgehead atoms. The van der Waals surface area contributed by atoms with Crippen LogP contribution >= 0.6 is 23.1 Å². The predicted molar refractivity (Wildman–Crippen MR) is 84.0 cm³/mol. The Labute approximate surface area is 131 Å². The normalized spacial score (nSPS) is 21.8. The zero-order valence-electron chi connectivity index (χ0n) is 11.8. The first-order valence-electron chi connectivity index (χ1n) is 6.83. The molecule has 1 saturated carbocycles. The average molecular weight is 329 g/mol. The first-order valence-corrected chi connectivity index (χ1v) is 9.00. The molecule has 2 rings (SSSR count). The topological polar surface area (TPSA) is 91.3 Å². The van der Waals surface area contributed by atoms with Crippen LogP contribution in [0.5, 0.6) is 0 Å². The maximum Gasteiger partial charge on any atom is 0.355 e. The molecule has 0 saturated heterocycles. The molecule has 2 unspecified atom stereocenters. The highest BCUT2D eigenvalue weighted by Gasteiger charge is 2.22. The molecule has 1 aliphatic rings. The number of hydrogen-bond donors (Lipinski definition) is 3. The van der Waals surface area contributed by atoms with Gasteiger partial charge in [-0.05, 0) is 25.5 Å². The van der Waals surface area contributed by atoms with E-state index in [1.54, 1.807) is 0 Å². The summed E-state index contributed by atoms with van der Waals surface area (Å²) in [5.41, 5.74) is 0.0206. The molecule has 1 aromatic rings. The Hall–Kier alpha value is -1.28. The summed E-state index contributed by atoms with van der Waals surface area (Å²) < 4.78 is 0. The fraction of sp³-hybridized carbons (Fsp3) is 0.615. The smallest absolute Gasteiger partial charge is 0.355 e. The van der Waals surface area contributed by atoms with Crippen molar-refractivity contribution in [3.63, 3.8) is 0 Å². The third-order valence-corrected chi connectivity index (χ3v) is 5.41. The molecule has 21 heavy (non-hydrogen) atoms. The van der Waals surface area contributed by atoms with Gasteiger partial charge in [-0.15, -0.1) is 11.3 Å². The summed E-state index contributed by atoms with van der Waals surface area (Å²) in [7, 11) is 0. The van der Waals surface area contributed by atoms with Gasteiger partial charge >= 0.3 is 12.0 Å². The molecule has 1 aromatic heterocycles. The predicted octanol–water partition coefficient (Wildman–Crippen LogP) is 2.31. The van der Waals surface area contributed by atoms with Crippen molar-refractivity contribution in [3.05, 3.63) is 16.1 Å². The number of amides is 2. The van der Waals surface area contributed by atoms with Crippen LogP contribution in [0.15, 0.2) is 5.38 Å². The van der Waals surface area contributed by atoms with Gasteiger partial charge in [0, 0.05) is 16.7 Å². The number of aromatic nitrogens is 1. The van der Waals surface area contributed by atoms with Gasteiger partial charge in [0.2, 0.25) is 0 Å². The molecule has 8 heteroatoms. The fourth-order valence-corrected chi connectivity index (χ4v) is 3.91. The van der Waals surface area contributed by atoms with Crippen LogP contribution in [0.2, 0.25) is 0 Å². The van der Waals surface area contributed by atoms with Gasteiger partial charge in [0.25, 0.3) is 0 Å². The van der Waals surface area contributed by atoms with E-state index in [-0.39, 0.29) is 24.3 Å². The zero-order valence-corrected chi connectivity index (χ0v) is 13.4. The van der Waals surface area contributed by atoms with Gasteiger partial charge in [0.15, 0.2) is 5.69 Å². The molecule has 0 aliphatic heterocycles. The van der Waals surface area contributed by atoms with E-state index in [0.717, 1.165) is 19.3 Å². The molecule has 1 fully saturated rings. The summed E-state index contributed by atoms with van der Waals surface area (Å²) in [5, 5.41) is 17.2. The van der Waals surface area contributed by atoms with E-state index in [2.05, 4.69) is 21.9 Å². The number of nitrogens with zero attached hydrogens (tertiary/aromatic N) is 1. The number of aromatic carboxylic acids is 1. The number of thiazole rings is 1. The fourth-order valence-electron chi connectivity index (χ4n) is 2.37. The van der Waals surface area contributed by atoms with Gasteiger partial charge in [-0.25, -0.2) is 14.6 Å². The minimum absolute atomic E-state index is 0.0206. The number of carbonyl (C=O) groups is 2. The average Bonchev–Trinajstić information content (AvgIpc) is 2.94. The summed E-state index contributed by atoms with van der Waals surface area (Å²) in [6.45, 7) is 0.252. The molecule has 1 aliphatic carbocycles. The molecule has 6 nitrogen and oxygen atoms in total. The highest BCUT2D eigenvalue weighted by atomic mass is 32.2.